The average molecular weight is 307 g/mol. The van der Waals surface area contributed by atoms with Crippen molar-refractivity contribution in [3.8, 4) is 0 Å². The Balaban J connectivity index is 2.02. The van der Waals surface area contributed by atoms with Gasteiger partial charge in [-0.15, -0.1) is 0 Å². The van der Waals surface area contributed by atoms with Crippen molar-refractivity contribution in [2.24, 2.45) is 5.92 Å². The highest BCUT2D eigenvalue weighted by molar-refractivity contribution is 5.87. The Morgan fingerprint density at radius 3 is 2.27 bits per heavy atom. The second-order valence-electron chi connectivity index (χ2n) is 6.47. The average Bonchev–Trinajstić information content (AvgIpc) is 2.47. The molecule has 0 atom stereocenters. The molecule has 0 bridgehead atoms. The van der Waals surface area contributed by atoms with Crippen LogP contribution in [0.3, 0.4) is 0 Å². The second kappa shape index (κ2) is 6.46. The van der Waals surface area contributed by atoms with E-state index in [-0.39, 0.29) is 24.1 Å². The molecule has 1 fully saturated rings. The Morgan fingerprint density at radius 1 is 1.23 bits per heavy atom. The van der Waals surface area contributed by atoms with Crippen LogP contribution >= 0.6 is 0 Å². The molecule has 0 radical (unpaired) electrons. The highest BCUT2D eigenvalue weighted by atomic mass is 19.1. The van der Waals surface area contributed by atoms with Crippen LogP contribution in [0.4, 0.5) is 4.39 Å². The minimum absolute atomic E-state index is 0.00730. The lowest BCUT2D eigenvalue weighted by molar-refractivity contribution is -0.139. The van der Waals surface area contributed by atoms with Gasteiger partial charge in [0.05, 0.1) is 5.41 Å². The van der Waals surface area contributed by atoms with Crippen LogP contribution in [0.1, 0.15) is 38.7 Å². The van der Waals surface area contributed by atoms with Gasteiger partial charge < -0.3 is 10.0 Å². The number of hydrogen-bond donors (Lipinski definition) is 1. The van der Waals surface area contributed by atoms with E-state index >= 15 is 0 Å². The lowest BCUT2D eigenvalue weighted by atomic mass is 9.82. The van der Waals surface area contributed by atoms with E-state index in [0.717, 1.165) is 18.4 Å². The van der Waals surface area contributed by atoms with Gasteiger partial charge in [0.15, 0.2) is 0 Å². The topological polar surface area (TPSA) is 57.6 Å². The lowest BCUT2D eigenvalue weighted by Crippen LogP contribution is -2.47. The molecule has 22 heavy (non-hydrogen) atoms. The molecule has 0 saturated carbocycles. The summed E-state index contributed by atoms with van der Waals surface area (Å²) in [4.78, 5) is 25.3. The van der Waals surface area contributed by atoms with E-state index < -0.39 is 11.4 Å². The van der Waals surface area contributed by atoms with Crippen molar-refractivity contribution in [1.82, 2.24) is 4.90 Å². The fourth-order valence-electron chi connectivity index (χ4n) is 2.97. The van der Waals surface area contributed by atoms with Gasteiger partial charge >= 0.3 is 5.97 Å². The molecule has 1 aliphatic rings. The number of nitrogens with zero attached hydrogens (tertiary/aromatic N) is 1. The maximum Gasteiger partial charge on any atom is 0.303 e. The summed E-state index contributed by atoms with van der Waals surface area (Å²) in [6.07, 6.45) is 1.61. The molecule has 1 aromatic carbocycles. The van der Waals surface area contributed by atoms with Gasteiger partial charge in [0.1, 0.15) is 5.82 Å². The summed E-state index contributed by atoms with van der Waals surface area (Å²) in [6, 6.07) is 6.02. The zero-order valence-corrected chi connectivity index (χ0v) is 13.0. The van der Waals surface area contributed by atoms with Crippen molar-refractivity contribution in [3.05, 3.63) is 35.6 Å². The molecule has 0 aliphatic carbocycles. The first kappa shape index (κ1) is 16.5. The molecule has 1 N–H and O–H groups in total. The van der Waals surface area contributed by atoms with Gasteiger partial charge in [0, 0.05) is 19.5 Å². The van der Waals surface area contributed by atoms with E-state index in [1.807, 2.05) is 13.8 Å². The van der Waals surface area contributed by atoms with Gasteiger partial charge in [0.2, 0.25) is 5.91 Å². The van der Waals surface area contributed by atoms with Gasteiger partial charge in [0.25, 0.3) is 0 Å². The van der Waals surface area contributed by atoms with Crippen LogP contribution in [0, 0.1) is 11.7 Å². The smallest absolute Gasteiger partial charge is 0.303 e. The van der Waals surface area contributed by atoms with Crippen LogP contribution in [0.5, 0.6) is 0 Å². The first-order valence-corrected chi connectivity index (χ1v) is 7.58. The Bertz CT molecular complexity index is 546. The lowest BCUT2D eigenvalue weighted by Gasteiger charge is -2.37. The summed E-state index contributed by atoms with van der Waals surface area (Å²) in [6.45, 7) is 4.85. The molecular formula is C17H22FNO3. The van der Waals surface area contributed by atoms with E-state index in [2.05, 4.69) is 0 Å². The number of carboxylic acids is 1. The number of amides is 1. The Morgan fingerprint density at radius 2 is 1.77 bits per heavy atom. The fourth-order valence-corrected chi connectivity index (χ4v) is 2.97. The highest BCUT2D eigenvalue weighted by Crippen LogP contribution is 2.29. The first-order valence-electron chi connectivity index (χ1n) is 7.58. The second-order valence-corrected chi connectivity index (χ2v) is 6.47. The number of carboxylic acid groups (broad SMARTS) is 1. The number of rotatable bonds is 4. The zero-order valence-electron chi connectivity index (χ0n) is 13.0. The minimum atomic E-state index is -0.781. The highest BCUT2D eigenvalue weighted by Gasteiger charge is 2.35. The molecule has 4 nitrogen and oxygen atoms in total. The van der Waals surface area contributed by atoms with Crippen molar-refractivity contribution < 1.29 is 19.1 Å². The summed E-state index contributed by atoms with van der Waals surface area (Å²) in [5.41, 5.74) is 0.0689. The third kappa shape index (κ3) is 3.64. The normalized spacial score (nSPS) is 16.6. The van der Waals surface area contributed by atoms with Crippen molar-refractivity contribution in [2.45, 2.75) is 38.5 Å². The summed E-state index contributed by atoms with van der Waals surface area (Å²) >= 11 is 0. The largest absolute Gasteiger partial charge is 0.481 e. The van der Waals surface area contributed by atoms with Crippen molar-refractivity contribution in [3.63, 3.8) is 0 Å². The number of piperidine rings is 1. The maximum atomic E-state index is 13.0. The molecule has 1 saturated heterocycles. The quantitative estimate of drug-likeness (QED) is 0.930. The maximum absolute atomic E-state index is 13.0. The van der Waals surface area contributed by atoms with Crippen LogP contribution in [-0.4, -0.2) is 35.0 Å². The number of halogens is 1. The van der Waals surface area contributed by atoms with Crippen LogP contribution in [0.15, 0.2) is 24.3 Å². The van der Waals surface area contributed by atoms with Crippen LogP contribution < -0.4 is 0 Å². The molecule has 0 unspecified atom stereocenters. The van der Waals surface area contributed by atoms with Gasteiger partial charge in [-0.2, -0.15) is 0 Å². The van der Waals surface area contributed by atoms with E-state index in [9.17, 15) is 14.0 Å². The van der Waals surface area contributed by atoms with Crippen LogP contribution in [-0.2, 0) is 15.0 Å². The molecule has 1 aliphatic heterocycles. The number of carbonyl (C=O) groups excluding carboxylic acids is 1. The predicted octanol–water partition coefficient (Wildman–Crippen LogP) is 2.82. The Labute approximate surface area is 129 Å². The number of carbonyl (C=O) groups is 2. The molecule has 0 aromatic heterocycles. The molecule has 2 rings (SSSR count). The van der Waals surface area contributed by atoms with E-state index in [1.165, 1.54) is 12.1 Å². The molecule has 120 valence electrons. The Hall–Kier alpha value is -1.91. The monoisotopic (exact) mass is 307 g/mol. The number of aliphatic carboxylic acids is 1. The molecular weight excluding hydrogens is 285 g/mol. The Kier molecular flexibility index (Phi) is 4.84. The van der Waals surface area contributed by atoms with Gasteiger partial charge in [-0.25, -0.2) is 4.39 Å². The first-order chi connectivity index (χ1) is 10.3. The summed E-state index contributed by atoms with van der Waals surface area (Å²) in [5.74, 6) is -0.943. The van der Waals surface area contributed by atoms with Crippen molar-refractivity contribution in [1.29, 1.82) is 0 Å². The molecule has 1 aromatic rings. The fraction of sp³-hybridized carbons (Fsp3) is 0.529. The number of benzene rings is 1. The SMILES string of the molecule is CC(C)(C(=O)N1CCC(CC(=O)O)CC1)c1ccc(F)cc1. The molecule has 1 amide bonds. The number of hydrogen-bond acceptors (Lipinski definition) is 2. The summed E-state index contributed by atoms with van der Waals surface area (Å²) < 4.78 is 13.0. The van der Waals surface area contributed by atoms with E-state index in [4.69, 9.17) is 5.11 Å². The van der Waals surface area contributed by atoms with Gasteiger partial charge in [-0.05, 0) is 50.3 Å². The van der Waals surface area contributed by atoms with Crippen molar-refractivity contribution in [2.75, 3.05) is 13.1 Å². The van der Waals surface area contributed by atoms with Gasteiger partial charge in [-0.1, -0.05) is 12.1 Å². The summed E-state index contributed by atoms with van der Waals surface area (Å²) in [5, 5.41) is 8.83. The standard InChI is InChI=1S/C17H22FNO3/c1-17(2,13-3-5-14(18)6-4-13)16(22)19-9-7-12(8-10-19)11-15(20)21/h3-6,12H,7-11H2,1-2H3,(H,20,21). The minimum Gasteiger partial charge on any atom is -0.481 e. The third-order valence-corrected chi connectivity index (χ3v) is 4.47. The molecule has 0 spiro atoms. The molecule has 1 heterocycles. The molecule has 5 heteroatoms. The van der Waals surface area contributed by atoms with Crippen LogP contribution in [0.2, 0.25) is 0 Å². The van der Waals surface area contributed by atoms with Crippen LogP contribution in [0.25, 0.3) is 0 Å². The third-order valence-electron chi connectivity index (χ3n) is 4.47. The van der Waals surface area contributed by atoms with Gasteiger partial charge in [-0.3, -0.25) is 9.59 Å². The summed E-state index contributed by atoms with van der Waals surface area (Å²) in [7, 11) is 0. The predicted molar refractivity (Wildman–Crippen MR) is 81.0 cm³/mol. The number of likely N-dealkylation sites (tertiary alicyclic amines) is 1. The van der Waals surface area contributed by atoms with Crippen molar-refractivity contribution >= 4 is 11.9 Å². The zero-order chi connectivity index (χ0) is 16.3. The van der Waals surface area contributed by atoms with E-state index in [0.29, 0.717) is 13.1 Å². The van der Waals surface area contributed by atoms with E-state index in [1.54, 1.807) is 17.0 Å².